The molecule has 5 nitrogen and oxygen atoms in total. The Labute approximate surface area is 160 Å². The van der Waals surface area contributed by atoms with Crippen LogP contribution in [0.15, 0.2) is 50.7 Å². The van der Waals surface area contributed by atoms with Crippen molar-refractivity contribution in [2.24, 2.45) is 0 Å². The quantitative estimate of drug-likeness (QED) is 0.585. The number of nitriles is 1. The van der Waals surface area contributed by atoms with Crippen molar-refractivity contribution in [3.05, 3.63) is 59.4 Å². The van der Waals surface area contributed by atoms with Crippen LogP contribution in [0.5, 0.6) is 0 Å². The van der Waals surface area contributed by atoms with Crippen LogP contribution in [0.4, 0.5) is 0 Å². The number of carbonyl (C=O) groups excluding carboxylic acids is 1. The van der Waals surface area contributed by atoms with E-state index >= 15 is 0 Å². The minimum absolute atomic E-state index is 0.0390. The maximum Gasteiger partial charge on any atom is 0.140 e. The number of allylic oxidation sites excluding steroid dienone is 1. The van der Waals surface area contributed by atoms with Gasteiger partial charge < -0.3 is 8.83 Å². The normalized spacial score (nSPS) is 14.3. The van der Waals surface area contributed by atoms with Crippen molar-refractivity contribution < 1.29 is 13.6 Å². The molecule has 0 saturated heterocycles. The molecule has 0 N–H and O–H groups in total. The lowest BCUT2D eigenvalue weighted by Crippen LogP contribution is -2.02. The standard InChI is InChI=1S/C21H16N2O3S/c1-13(24)12-27-21-17(11-22)19(18-5-3-9-26-18)16-7-6-14(20(16)23-21)10-15-4-2-8-25-15/h2-5,8-10H,6-7,12H2,1H3/b14-10+. The van der Waals surface area contributed by atoms with Crippen LogP contribution < -0.4 is 0 Å². The zero-order chi connectivity index (χ0) is 18.8. The minimum Gasteiger partial charge on any atom is -0.465 e. The molecule has 0 amide bonds. The minimum atomic E-state index is 0.0390. The highest BCUT2D eigenvalue weighted by Crippen LogP contribution is 2.43. The lowest BCUT2D eigenvalue weighted by atomic mass is 10.00. The van der Waals surface area contributed by atoms with Crippen molar-refractivity contribution in [1.82, 2.24) is 4.98 Å². The maximum atomic E-state index is 11.5. The summed E-state index contributed by atoms with van der Waals surface area (Å²) in [6, 6.07) is 9.67. The Balaban J connectivity index is 1.91. The van der Waals surface area contributed by atoms with Crippen LogP contribution in [0.3, 0.4) is 0 Å². The summed E-state index contributed by atoms with van der Waals surface area (Å²) in [5.41, 5.74) is 4.16. The molecular weight excluding hydrogens is 360 g/mol. The number of pyridine rings is 1. The molecule has 1 aliphatic carbocycles. The zero-order valence-corrected chi connectivity index (χ0v) is 15.5. The number of furan rings is 2. The van der Waals surface area contributed by atoms with E-state index in [1.54, 1.807) is 18.6 Å². The molecule has 0 fully saturated rings. The monoisotopic (exact) mass is 376 g/mol. The lowest BCUT2D eigenvalue weighted by molar-refractivity contribution is -0.114. The van der Waals surface area contributed by atoms with E-state index in [1.165, 1.54) is 18.7 Å². The van der Waals surface area contributed by atoms with Gasteiger partial charge in [-0.15, -0.1) is 0 Å². The lowest BCUT2D eigenvalue weighted by Gasteiger charge is -2.12. The summed E-state index contributed by atoms with van der Waals surface area (Å²) in [4.78, 5) is 16.2. The molecular formula is C21H16N2O3S. The molecule has 0 saturated carbocycles. The molecule has 4 rings (SSSR count). The van der Waals surface area contributed by atoms with Gasteiger partial charge in [-0.2, -0.15) is 5.26 Å². The predicted octanol–water partition coefficient (Wildman–Crippen LogP) is 4.97. The van der Waals surface area contributed by atoms with E-state index in [0.717, 1.165) is 41.0 Å². The molecule has 3 aromatic heterocycles. The number of nitrogens with zero attached hydrogens (tertiary/aromatic N) is 2. The molecule has 3 heterocycles. The molecule has 1 aliphatic rings. The van der Waals surface area contributed by atoms with Gasteiger partial charge in [0, 0.05) is 5.56 Å². The first-order valence-corrected chi connectivity index (χ1v) is 9.53. The summed E-state index contributed by atoms with van der Waals surface area (Å²) in [7, 11) is 0. The topological polar surface area (TPSA) is 80.0 Å². The molecule has 0 radical (unpaired) electrons. The fourth-order valence-electron chi connectivity index (χ4n) is 3.24. The van der Waals surface area contributed by atoms with E-state index in [1.807, 2.05) is 24.3 Å². The van der Waals surface area contributed by atoms with Gasteiger partial charge in [-0.1, -0.05) is 11.8 Å². The van der Waals surface area contributed by atoms with Crippen LogP contribution in [-0.4, -0.2) is 16.5 Å². The van der Waals surface area contributed by atoms with Crippen LogP contribution in [0.1, 0.15) is 35.9 Å². The average molecular weight is 376 g/mol. The first-order valence-electron chi connectivity index (χ1n) is 8.55. The summed E-state index contributed by atoms with van der Waals surface area (Å²) in [5, 5.41) is 10.4. The van der Waals surface area contributed by atoms with Crippen molar-refractivity contribution in [2.75, 3.05) is 5.75 Å². The first-order chi connectivity index (χ1) is 13.2. The Morgan fingerprint density at radius 3 is 2.78 bits per heavy atom. The molecule has 0 spiro atoms. The molecule has 0 aliphatic heterocycles. The summed E-state index contributed by atoms with van der Waals surface area (Å²) >= 11 is 1.29. The molecule has 0 unspecified atom stereocenters. The van der Waals surface area contributed by atoms with Gasteiger partial charge in [0.15, 0.2) is 0 Å². The second-order valence-corrected chi connectivity index (χ2v) is 7.22. The summed E-state index contributed by atoms with van der Waals surface area (Å²) in [6.07, 6.45) is 6.80. The summed E-state index contributed by atoms with van der Waals surface area (Å²) < 4.78 is 11.1. The number of ketones is 1. The molecule has 0 aromatic carbocycles. The number of Topliss-reactive ketones (excluding diaryl/α,β-unsaturated/α-hetero) is 1. The highest BCUT2D eigenvalue weighted by Gasteiger charge is 2.28. The highest BCUT2D eigenvalue weighted by atomic mass is 32.2. The third-order valence-electron chi connectivity index (χ3n) is 4.36. The predicted molar refractivity (Wildman–Crippen MR) is 103 cm³/mol. The molecule has 3 aromatic rings. The van der Waals surface area contributed by atoms with Gasteiger partial charge >= 0.3 is 0 Å². The number of aromatic nitrogens is 1. The average Bonchev–Trinajstić information content (AvgIpc) is 3.41. The fraction of sp³-hybridized carbons (Fsp3) is 0.190. The van der Waals surface area contributed by atoms with Crippen LogP contribution in [0, 0.1) is 11.3 Å². The van der Waals surface area contributed by atoms with Crippen molar-refractivity contribution in [2.45, 2.75) is 24.8 Å². The molecule has 0 atom stereocenters. The van der Waals surface area contributed by atoms with Gasteiger partial charge in [-0.05, 0) is 61.2 Å². The van der Waals surface area contributed by atoms with Crippen molar-refractivity contribution in [3.63, 3.8) is 0 Å². The Bertz CT molecular complexity index is 1060. The largest absolute Gasteiger partial charge is 0.465 e. The van der Waals surface area contributed by atoms with Crippen molar-refractivity contribution in [3.8, 4) is 17.4 Å². The number of thioether (sulfide) groups is 1. The SMILES string of the molecule is CC(=O)CSc1nc2c(c(-c3ccco3)c1C#N)CC/C2=C\c1ccco1. The van der Waals surface area contributed by atoms with Crippen molar-refractivity contribution in [1.29, 1.82) is 5.26 Å². The van der Waals surface area contributed by atoms with Gasteiger partial charge in [0.05, 0.1) is 29.5 Å². The van der Waals surface area contributed by atoms with Gasteiger partial charge in [0.2, 0.25) is 0 Å². The summed E-state index contributed by atoms with van der Waals surface area (Å²) in [5.74, 6) is 1.72. The van der Waals surface area contributed by atoms with E-state index in [2.05, 4.69) is 6.07 Å². The smallest absolute Gasteiger partial charge is 0.140 e. The Morgan fingerprint density at radius 2 is 2.11 bits per heavy atom. The van der Waals surface area contributed by atoms with Gasteiger partial charge in [-0.25, -0.2) is 4.98 Å². The van der Waals surface area contributed by atoms with Crippen molar-refractivity contribution >= 4 is 29.2 Å². The number of hydrogen-bond donors (Lipinski definition) is 0. The third-order valence-corrected chi connectivity index (χ3v) is 5.48. The highest BCUT2D eigenvalue weighted by molar-refractivity contribution is 8.00. The molecule has 6 heteroatoms. The van der Waals surface area contributed by atoms with Gasteiger partial charge in [0.25, 0.3) is 0 Å². The first kappa shape index (κ1) is 17.4. The zero-order valence-electron chi connectivity index (χ0n) is 14.7. The Kier molecular flexibility index (Phi) is 4.69. The van der Waals surface area contributed by atoms with E-state index in [4.69, 9.17) is 13.8 Å². The van der Waals surface area contributed by atoms with Gasteiger partial charge in [0.1, 0.15) is 28.4 Å². The van der Waals surface area contributed by atoms with Crippen LogP contribution >= 0.6 is 11.8 Å². The van der Waals surface area contributed by atoms with Gasteiger partial charge in [-0.3, -0.25) is 4.79 Å². The maximum absolute atomic E-state index is 11.5. The van der Waals surface area contributed by atoms with E-state index in [9.17, 15) is 10.1 Å². The van der Waals surface area contributed by atoms with E-state index in [0.29, 0.717) is 16.3 Å². The van der Waals surface area contributed by atoms with Crippen LogP contribution in [0.2, 0.25) is 0 Å². The Hall–Kier alpha value is -3.04. The van der Waals surface area contributed by atoms with Crippen LogP contribution in [-0.2, 0) is 11.2 Å². The van der Waals surface area contributed by atoms with Crippen LogP contribution in [0.25, 0.3) is 23.0 Å². The molecule has 0 bridgehead atoms. The fourth-order valence-corrected chi connectivity index (χ4v) is 4.03. The van der Waals surface area contributed by atoms with E-state index in [-0.39, 0.29) is 11.5 Å². The second kappa shape index (κ2) is 7.29. The van der Waals surface area contributed by atoms with E-state index < -0.39 is 0 Å². The Morgan fingerprint density at radius 1 is 1.30 bits per heavy atom. The summed E-state index contributed by atoms with van der Waals surface area (Å²) in [6.45, 7) is 1.53. The molecule has 27 heavy (non-hydrogen) atoms. The third kappa shape index (κ3) is 3.34. The number of carbonyl (C=O) groups is 1. The number of rotatable bonds is 5. The molecule has 134 valence electrons. The second-order valence-electron chi connectivity index (χ2n) is 6.26. The number of fused-ring (bicyclic) bond motifs is 1. The number of hydrogen-bond acceptors (Lipinski definition) is 6.